The largest absolute Gasteiger partial charge is 0.353 e. The molecule has 4 aromatic rings. The minimum atomic E-state index is 0.0237. The van der Waals surface area contributed by atoms with Crippen molar-refractivity contribution in [2.45, 2.75) is 13.0 Å². The molecule has 0 fully saturated rings. The molecule has 0 unspecified atom stereocenters. The Hall–Kier alpha value is -2.40. The van der Waals surface area contributed by atoms with Gasteiger partial charge in [-0.1, -0.05) is 18.2 Å². The zero-order valence-corrected chi connectivity index (χ0v) is 13.7. The van der Waals surface area contributed by atoms with Crippen molar-refractivity contribution in [1.82, 2.24) is 14.5 Å². The molecular weight excluding hydrogens is 354 g/mol. The van der Waals surface area contributed by atoms with Crippen LogP contribution in [-0.2, 0) is 13.0 Å². The zero-order valence-electron chi connectivity index (χ0n) is 12.1. The molecule has 0 aliphatic carbocycles. The molecule has 23 heavy (non-hydrogen) atoms. The first-order chi connectivity index (χ1) is 11.2. The van der Waals surface area contributed by atoms with Crippen LogP contribution in [0.2, 0.25) is 0 Å². The van der Waals surface area contributed by atoms with Gasteiger partial charge in [-0.3, -0.25) is 9.78 Å². The molecule has 0 amide bonds. The van der Waals surface area contributed by atoms with Crippen LogP contribution in [0.4, 0.5) is 0 Å². The van der Waals surface area contributed by atoms with E-state index in [2.05, 4.69) is 50.2 Å². The fourth-order valence-corrected chi connectivity index (χ4v) is 4.01. The number of benzene rings is 1. The van der Waals surface area contributed by atoms with Gasteiger partial charge in [-0.15, -0.1) is 0 Å². The van der Waals surface area contributed by atoms with Crippen molar-refractivity contribution in [2.75, 3.05) is 0 Å². The topological polar surface area (TPSA) is 50.7 Å². The van der Waals surface area contributed by atoms with E-state index in [4.69, 9.17) is 0 Å². The number of hydrogen-bond acceptors (Lipinski definition) is 2. The van der Waals surface area contributed by atoms with Gasteiger partial charge in [0.1, 0.15) is 0 Å². The lowest BCUT2D eigenvalue weighted by Crippen LogP contribution is -2.26. The van der Waals surface area contributed by atoms with E-state index in [1.807, 2.05) is 10.6 Å². The van der Waals surface area contributed by atoms with Gasteiger partial charge in [-0.05, 0) is 40.0 Å². The Balaban J connectivity index is 1.94. The lowest BCUT2D eigenvalue weighted by atomic mass is 10.0. The number of aromatic amines is 1. The highest BCUT2D eigenvalue weighted by molar-refractivity contribution is 9.10. The summed E-state index contributed by atoms with van der Waals surface area (Å²) in [5, 5.41) is 2.81. The molecule has 1 aliphatic rings. The van der Waals surface area contributed by atoms with Crippen molar-refractivity contribution in [3.05, 3.63) is 63.1 Å². The molecule has 0 saturated carbocycles. The van der Waals surface area contributed by atoms with Crippen LogP contribution in [-0.4, -0.2) is 14.5 Å². The third-order valence-corrected chi connectivity index (χ3v) is 5.27. The Morgan fingerprint density at radius 2 is 2.00 bits per heavy atom. The molecule has 4 nitrogen and oxygen atoms in total. The fraction of sp³-hybridized carbons (Fsp3) is 0.111. The second-order valence-corrected chi connectivity index (χ2v) is 6.70. The van der Waals surface area contributed by atoms with Gasteiger partial charge in [0.2, 0.25) is 0 Å². The molecule has 0 bridgehead atoms. The second kappa shape index (κ2) is 4.55. The minimum absolute atomic E-state index is 0.0237. The van der Waals surface area contributed by atoms with E-state index >= 15 is 0 Å². The van der Waals surface area contributed by atoms with Gasteiger partial charge < -0.3 is 9.55 Å². The average molecular weight is 366 g/mol. The van der Waals surface area contributed by atoms with Crippen LogP contribution in [0.5, 0.6) is 0 Å². The van der Waals surface area contributed by atoms with Crippen molar-refractivity contribution < 1.29 is 0 Å². The number of H-pyrrole nitrogens is 1. The smallest absolute Gasteiger partial charge is 0.260 e. The Morgan fingerprint density at radius 1 is 1.13 bits per heavy atom. The van der Waals surface area contributed by atoms with Crippen LogP contribution in [0, 0.1) is 0 Å². The van der Waals surface area contributed by atoms with Crippen molar-refractivity contribution in [2.24, 2.45) is 0 Å². The Kier molecular flexibility index (Phi) is 2.59. The summed E-state index contributed by atoms with van der Waals surface area (Å²) in [6.07, 6.45) is 4.24. The van der Waals surface area contributed by atoms with E-state index in [0.29, 0.717) is 11.9 Å². The number of halogens is 1. The number of hydrogen-bond donors (Lipinski definition) is 1. The van der Waals surface area contributed by atoms with E-state index < -0.39 is 0 Å². The first-order valence-electron chi connectivity index (χ1n) is 7.51. The Labute approximate surface area is 139 Å². The quantitative estimate of drug-likeness (QED) is 0.514. The van der Waals surface area contributed by atoms with Crippen LogP contribution in [0.3, 0.4) is 0 Å². The van der Waals surface area contributed by atoms with E-state index in [1.54, 1.807) is 12.4 Å². The number of aryl methyl sites for hydroxylation is 1. The van der Waals surface area contributed by atoms with Crippen molar-refractivity contribution >= 4 is 37.6 Å². The zero-order chi connectivity index (χ0) is 15.6. The SMILES string of the molecule is O=c1c2cncc(Br)c2cc2n1CCc1c-2[nH]c2ccccc12. The lowest BCUT2D eigenvalue weighted by Gasteiger charge is -2.20. The third-order valence-electron chi connectivity index (χ3n) is 4.64. The minimum Gasteiger partial charge on any atom is -0.353 e. The monoisotopic (exact) mass is 365 g/mol. The van der Waals surface area contributed by atoms with Crippen LogP contribution >= 0.6 is 15.9 Å². The molecule has 0 saturated heterocycles. The van der Waals surface area contributed by atoms with Crippen LogP contribution < -0.4 is 5.56 Å². The number of rotatable bonds is 0. The van der Waals surface area contributed by atoms with Gasteiger partial charge in [0.15, 0.2) is 0 Å². The van der Waals surface area contributed by atoms with Gasteiger partial charge in [0, 0.05) is 39.7 Å². The van der Waals surface area contributed by atoms with Gasteiger partial charge in [0.25, 0.3) is 5.56 Å². The van der Waals surface area contributed by atoms with Gasteiger partial charge in [0.05, 0.1) is 16.8 Å². The normalized spacial score (nSPS) is 13.3. The summed E-state index contributed by atoms with van der Waals surface area (Å²) in [5.41, 5.74) is 4.44. The van der Waals surface area contributed by atoms with E-state index in [1.165, 1.54) is 10.9 Å². The standard InChI is InChI=1S/C18H12BrN3O/c19-14-9-20-8-13-12(14)7-16-17-11(5-6-22(16)18(13)23)10-3-1-2-4-15(10)21-17/h1-4,7-9,21H,5-6H2. The summed E-state index contributed by atoms with van der Waals surface area (Å²) in [5.74, 6) is 0. The molecule has 0 radical (unpaired) electrons. The summed E-state index contributed by atoms with van der Waals surface area (Å²) >= 11 is 3.51. The Morgan fingerprint density at radius 3 is 2.91 bits per heavy atom. The molecular formula is C18H12BrN3O. The number of aromatic nitrogens is 3. The predicted molar refractivity (Wildman–Crippen MR) is 94.7 cm³/mol. The van der Waals surface area contributed by atoms with Crippen LogP contribution in [0.15, 0.2) is 52.0 Å². The van der Waals surface area contributed by atoms with E-state index in [0.717, 1.165) is 33.2 Å². The molecule has 5 heteroatoms. The summed E-state index contributed by atoms with van der Waals surface area (Å²) in [6.45, 7) is 0.700. The highest BCUT2D eigenvalue weighted by Crippen LogP contribution is 2.35. The highest BCUT2D eigenvalue weighted by atomic mass is 79.9. The molecule has 0 atom stereocenters. The summed E-state index contributed by atoms with van der Waals surface area (Å²) in [4.78, 5) is 20.5. The predicted octanol–water partition coefficient (Wildman–Crippen LogP) is 3.86. The van der Waals surface area contributed by atoms with Crippen LogP contribution in [0.25, 0.3) is 33.1 Å². The van der Waals surface area contributed by atoms with E-state index in [9.17, 15) is 4.79 Å². The number of pyridine rings is 2. The maximum Gasteiger partial charge on any atom is 0.260 e. The first-order valence-corrected chi connectivity index (χ1v) is 8.30. The van der Waals surface area contributed by atoms with Gasteiger partial charge in [-0.25, -0.2) is 0 Å². The lowest BCUT2D eigenvalue weighted by molar-refractivity contribution is 0.665. The number of nitrogens with zero attached hydrogens (tertiary/aromatic N) is 2. The first kappa shape index (κ1) is 13.1. The number of nitrogens with one attached hydrogen (secondary N) is 1. The average Bonchev–Trinajstić information content (AvgIpc) is 2.95. The van der Waals surface area contributed by atoms with Crippen molar-refractivity contribution in [1.29, 1.82) is 0 Å². The molecule has 4 heterocycles. The molecule has 1 aliphatic heterocycles. The molecule has 1 N–H and O–H groups in total. The summed E-state index contributed by atoms with van der Waals surface area (Å²) < 4.78 is 2.70. The second-order valence-electron chi connectivity index (χ2n) is 5.84. The van der Waals surface area contributed by atoms with Crippen molar-refractivity contribution in [3.8, 4) is 11.4 Å². The summed E-state index contributed by atoms with van der Waals surface area (Å²) in [7, 11) is 0. The molecule has 112 valence electrons. The third kappa shape index (κ3) is 1.71. The van der Waals surface area contributed by atoms with Crippen LogP contribution in [0.1, 0.15) is 5.56 Å². The molecule has 1 aromatic carbocycles. The fourth-order valence-electron chi connectivity index (χ4n) is 3.56. The number of fused-ring (bicyclic) bond motifs is 6. The highest BCUT2D eigenvalue weighted by Gasteiger charge is 2.22. The summed E-state index contributed by atoms with van der Waals surface area (Å²) in [6, 6.07) is 10.4. The number of para-hydroxylation sites is 1. The molecule has 5 rings (SSSR count). The molecule has 3 aromatic heterocycles. The Bertz CT molecular complexity index is 1160. The van der Waals surface area contributed by atoms with Gasteiger partial charge in [-0.2, -0.15) is 0 Å². The maximum atomic E-state index is 12.8. The van der Waals surface area contributed by atoms with E-state index in [-0.39, 0.29) is 5.56 Å². The molecule has 0 spiro atoms. The maximum absolute atomic E-state index is 12.8. The van der Waals surface area contributed by atoms with Gasteiger partial charge >= 0.3 is 0 Å². The van der Waals surface area contributed by atoms with Crippen molar-refractivity contribution in [3.63, 3.8) is 0 Å².